The predicted molar refractivity (Wildman–Crippen MR) is 100 cm³/mol. The van der Waals surface area contributed by atoms with Gasteiger partial charge in [-0.25, -0.2) is 9.59 Å². The molecule has 1 amide bonds. The lowest BCUT2D eigenvalue weighted by Gasteiger charge is -2.08. The molecule has 2 aromatic carbocycles. The SMILES string of the molecule is COC(=O)c1ccc2c(c1)oc(=O)n2CC(=O)Nc1ccc(OC)cc1[N+](=O)[O-]. The van der Waals surface area contributed by atoms with E-state index in [9.17, 15) is 24.5 Å². The highest BCUT2D eigenvalue weighted by atomic mass is 16.6. The summed E-state index contributed by atoms with van der Waals surface area (Å²) in [5.41, 5.74) is 0.154. The number of methoxy groups -OCH3 is 2. The van der Waals surface area contributed by atoms with E-state index in [1.807, 2.05) is 0 Å². The van der Waals surface area contributed by atoms with Crippen molar-refractivity contribution in [3.8, 4) is 5.75 Å². The van der Waals surface area contributed by atoms with Crippen LogP contribution in [0.3, 0.4) is 0 Å². The smallest absolute Gasteiger partial charge is 0.420 e. The van der Waals surface area contributed by atoms with Crippen LogP contribution in [0.15, 0.2) is 45.6 Å². The first-order valence-electron chi connectivity index (χ1n) is 8.18. The first-order valence-corrected chi connectivity index (χ1v) is 8.18. The zero-order valence-electron chi connectivity index (χ0n) is 15.3. The van der Waals surface area contributed by atoms with Gasteiger partial charge in [-0.15, -0.1) is 0 Å². The Morgan fingerprint density at radius 3 is 2.62 bits per heavy atom. The molecular weight excluding hydrogens is 386 g/mol. The fourth-order valence-corrected chi connectivity index (χ4v) is 2.69. The molecule has 0 aliphatic carbocycles. The van der Waals surface area contributed by atoms with Crippen molar-refractivity contribution in [2.24, 2.45) is 0 Å². The quantitative estimate of drug-likeness (QED) is 0.375. The maximum absolute atomic E-state index is 12.4. The predicted octanol–water partition coefficient (Wildman–Crippen LogP) is 1.94. The summed E-state index contributed by atoms with van der Waals surface area (Å²) in [6, 6.07) is 8.14. The molecule has 3 aromatic rings. The van der Waals surface area contributed by atoms with Crippen LogP contribution in [0.1, 0.15) is 10.4 Å². The van der Waals surface area contributed by atoms with Crippen molar-refractivity contribution >= 4 is 34.4 Å². The lowest BCUT2D eigenvalue weighted by atomic mass is 10.2. The monoisotopic (exact) mass is 401 g/mol. The van der Waals surface area contributed by atoms with Gasteiger partial charge in [0.25, 0.3) is 5.69 Å². The van der Waals surface area contributed by atoms with Crippen LogP contribution in [0.4, 0.5) is 11.4 Å². The summed E-state index contributed by atoms with van der Waals surface area (Å²) in [7, 11) is 2.58. The number of hydrogen-bond acceptors (Lipinski definition) is 8. The van der Waals surface area contributed by atoms with Gasteiger partial charge in [0.15, 0.2) is 5.58 Å². The summed E-state index contributed by atoms with van der Waals surface area (Å²) in [6.07, 6.45) is 0. The van der Waals surface area contributed by atoms with Crippen LogP contribution in [0, 0.1) is 10.1 Å². The van der Waals surface area contributed by atoms with Gasteiger partial charge in [0.2, 0.25) is 5.91 Å². The molecule has 11 heteroatoms. The van der Waals surface area contributed by atoms with Gasteiger partial charge >= 0.3 is 11.7 Å². The van der Waals surface area contributed by atoms with Crippen LogP contribution < -0.4 is 15.8 Å². The van der Waals surface area contributed by atoms with Crippen LogP contribution >= 0.6 is 0 Å². The molecule has 0 atom stereocenters. The summed E-state index contributed by atoms with van der Waals surface area (Å²) < 4.78 is 15.7. The minimum Gasteiger partial charge on any atom is -0.496 e. The van der Waals surface area contributed by atoms with E-state index in [2.05, 4.69) is 10.1 Å². The van der Waals surface area contributed by atoms with Crippen LogP contribution in [0.25, 0.3) is 11.1 Å². The number of nitro groups is 1. The number of nitrogens with zero attached hydrogens (tertiary/aromatic N) is 2. The minimum atomic E-state index is -0.818. The zero-order valence-corrected chi connectivity index (χ0v) is 15.3. The fraction of sp³-hybridized carbons (Fsp3) is 0.167. The molecule has 150 valence electrons. The average molecular weight is 401 g/mol. The Labute approximate surface area is 162 Å². The summed E-state index contributed by atoms with van der Waals surface area (Å²) >= 11 is 0. The standard InChI is InChI=1S/C18H15N3O8/c1-27-11-4-5-12(14(8-11)21(25)26)19-16(22)9-20-13-6-3-10(17(23)28-2)7-15(13)29-18(20)24/h3-8H,9H2,1-2H3,(H,19,22). The molecule has 0 saturated heterocycles. The minimum absolute atomic E-state index is 0.0466. The van der Waals surface area contributed by atoms with Crippen molar-refractivity contribution in [2.45, 2.75) is 6.54 Å². The van der Waals surface area contributed by atoms with Gasteiger partial charge in [0.1, 0.15) is 18.0 Å². The molecule has 0 spiro atoms. The molecule has 0 unspecified atom stereocenters. The molecule has 0 aliphatic heterocycles. The average Bonchev–Trinajstić information content (AvgIpc) is 3.01. The molecule has 29 heavy (non-hydrogen) atoms. The number of rotatable bonds is 6. The number of carbonyl (C=O) groups is 2. The molecule has 0 saturated carbocycles. The van der Waals surface area contributed by atoms with Gasteiger partial charge < -0.3 is 19.2 Å². The lowest BCUT2D eigenvalue weighted by Crippen LogP contribution is -2.25. The third-order valence-corrected chi connectivity index (χ3v) is 4.07. The van der Waals surface area contributed by atoms with E-state index in [1.54, 1.807) is 0 Å². The van der Waals surface area contributed by atoms with Crippen molar-refractivity contribution in [1.82, 2.24) is 4.57 Å². The Kier molecular flexibility index (Phi) is 5.30. The second-order valence-electron chi connectivity index (χ2n) is 5.82. The number of hydrogen-bond donors (Lipinski definition) is 1. The van der Waals surface area contributed by atoms with E-state index < -0.39 is 29.1 Å². The van der Waals surface area contributed by atoms with Gasteiger partial charge in [-0.05, 0) is 30.3 Å². The topological polar surface area (TPSA) is 143 Å². The van der Waals surface area contributed by atoms with Gasteiger partial charge in [-0.1, -0.05) is 0 Å². The van der Waals surface area contributed by atoms with Crippen LogP contribution in [-0.2, 0) is 16.1 Å². The third-order valence-electron chi connectivity index (χ3n) is 4.07. The third kappa shape index (κ3) is 3.93. The number of ether oxygens (including phenoxy) is 2. The van der Waals surface area contributed by atoms with E-state index in [0.29, 0.717) is 0 Å². The molecular formula is C18H15N3O8. The Balaban J connectivity index is 1.87. The summed E-state index contributed by atoms with van der Waals surface area (Å²) in [4.78, 5) is 46.6. The highest BCUT2D eigenvalue weighted by Crippen LogP contribution is 2.29. The molecule has 1 aromatic heterocycles. The van der Waals surface area contributed by atoms with E-state index in [1.165, 1.54) is 50.6 Å². The highest BCUT2D eigenvalue weighted by Gasteiger charge is 2.19. The normalized spacial score (nSPS) is 10.6. The number of aromatic nitrogens is 1. The number of fused-ring (bicyclic) bond motifs is 1. The van der Waals surface area contributed by atoms with Crippen LogP contribution in [-0.4, -0.2) is 35.6 Å². The van der Waals surface area contributed by atoms with Crippen LogP contribution in [0.2, 0.25) is 0 Å². The molecule has 1 heterocycles. The first-order chi connectivity index (χ1) is 13.8. The molecule has 0 radical (unpaired) electrons. The Bertz CT molecular complexity index is 1180. The molecule has 0 bridgehead atoms. The number of nitrogens with one attached hydrogen (secondary N) is 1. The number of nitro benzene ring substituents is 1. The highest BCUT2D eigenvalue weighted by molar-refractivity contribution is 5.95. The van der Waals surface area contributed by atoms with Gasteiger partial charge in [0.05, 0.1) is 36.3 Å². The molecule has 0 aliphatic rings. The van der Waals surface area contributed by atoms with Gasteiger partial charge in [0, 0.05) is 0 Å². The van der Waals surface area contributed by atoms with E-state index in [-0.39, 0.29) is 33.8 Å². The van der Waals surface area contributed by atoms with E-state index in [0.717, 1.165) is 4.57 Å². The largest absolute Gasteiger partial charge is 0.496 e. The van der Waals surface area contributed by atoms with E-state index in [4.69, 9.17) is 9.15 Å². The Morgan fingerprint density at radius 1 is 1.21 bits per heavy atom. The van der Waals surface area contributed by atoms with Gasteiger partial charge in [-0.3, -0.25) is 19.5 Å². The van der Waals surface area contributed by atoms with E-state index >= 15 is 0 Å². The summed E-state index contributed by atoms with van der Waals surface area (Å²) in [5, 5.41) is 13.6. The number of anilines is 1. The second kappa shape index (κ2) is 7.84. The summed E-state index contributed by atoms with van der Waals surface area (Å²) in [5.74, 6) is -1.85. The first kappa shape index (κ1) is 19.6. The van der Waals surface area contributed by atoms with Crippen molar-refractivity contribution in [3.05, 3.63) is 62.6 Å². The van der Waals surface area contributed by atoms with Gasteiger partial charge in [-0.2, -0.15) is 0 Å². The number of carbonyl (C=O) groups excluding carboxylic acids is 2. The molecule has 1 N–H and O–H groups in total. The van der Waals surface area contributed by atoms with Crippen molar-refractivity contribution < 1.29 is 28.4 Å². The maximum Gasteiger partial charge on any atom is 0.420 e. The maximum atomic E-state index is 12.4. The Hall–Kier alpha value is -4.15. The Morgan fingerprint density at radius 2 is 1.97 bits per heavy atom. The molecule has 11 nitrogen and oxygen atoms in total. The van der Waals surface area contributed by atoms with Crippen molar-refractivity contribution in [2.75, 3.05) is 19.5 Å². The number of amides is 1. The fourth-order valence-electron chi connectivity index (χ4n) is 2.69. The molecule has 0 fully saturated rings. The van der Waals surface area contributed by atoms with Crippen molar-refractivity contribution in [3.63, 3.8) is 0 Å². The second-order valence-corrected chi connectivity index (χ2v) is 5.82. The number of benzene rings is 2. The lowest BCUT2D eigenvalue weighted by molar-refractivity contribution is -0.384. The zero-order chi connectivity index (χ0) is 21.1. The number of esters is 1. The number of oxazole rings is 1. The summed E-state index contributed by atoms with van der Waals surface area (Å²) in [6.45, 7) is -0.452. The van der Waals surface area contributed by atoms with Crippen molar-refractivity contribution in [1.29, 1.82) is 0 Å². The molecule has 3 rings (SSSR count). The van der Waals surface area contributed by atoms with Crippen LogP contribution in [0.5, 0.6) is 5.75 Å².